The van der Waals surface area contributed by atoms with Gasteiger partial charge in [0.15, 0.2) is 0 Å². The fourth-order valence-electron chi connectivity index (χ4n) is 1.98. The van der Waals surface area contributed by atoms with Crippen LogP contribution < -0.4 is 0 Å². The third-order valence-electron chi connectivity index (χ3n) is 2.98. The van der Waals surface area contributed by atoms with E-state index in [1.165, 1.54) is 44.4 Å². The Kier molecular flexibility index (Phi) is 5.16. The van der Waals surface area contributed by atoms with Crippen LogP contribution in [0.25, 0.3) is 11.3 Å². The van der Waals surface area contributed by atoms with Crippen LogP contribution in [0, 0.1) is 0 Å². The third kappa shape index (κ3) is 3.14. The maximum atomic E-state index is 14.5. The summed E-state index contributed by atoms with van der Waals surface area (Å²) >= 11 is 0. The van der Waals surface area contributed by atoms with Gasteiger partial charge in [-0.3, -0.25) is 4.57 Å². The van der Waals surface area contributed by atoms with Crippen LogP contribution in [0.2, 0.25) is 0 Å². The molecular weight excluding hydrogens is 313 g/mol. The molecular formula is C15H17F2O4P. The van der Waals surface area contributed by atoms with Gasteiger partial charge in [0.05, 0.1) is 19.5 Å². The van der Waals surface area contributed by atoms with E-state index >= 15 is 0 Å². The van der Waals surface area contributed by atoms with E-state index in [0.717, 1.165) is 0 Å². The summed E-state index contributed by atoms with van der Waals surface area (Å²) < 4.78 is 56.1. The fraction of sp³-hybridized carbons (Fsp3) is 0.333. The number of hydrogen-bond donors (Lipinski definition) is 0. The molecule has 1 aromatic heterocycles. The smallest absolute Gasteiger partial charge is 0.404 e. The van der Waals surface area contributed by atoms with Gasteiger partial charge in [-0.2, -0.15) is 8.78 Å². The summed E-state index contributed by atoms with van der Waals surface area (Å²) in [7, 11) is -4.58. The zero-order valence-corrected chi connectivity index (χ0v) is 13.2. The van der Waals surface area contributed by atoms with Crippen LogP contribution in [0.1, 0.15) is 19.4 Å². The molecule has 1 aromatic carbocycles. The number of halogens is 2. The second-order valence-corrected chi connectivity index (χ2v) is 6.50. The predicted molar refractivity (Wildman–Crippen MR) is 78.9 cm³/mol. The molecule has 0 fully saturated rings. The number of rotatable bonds is 7. The lowest BCUT2D eigenvalue weighted by Gasteiger charge is -2.26. The van der Waals surface area contributed by atoms with Crippen molar-refractivity contribution in [1.29, 1.82) is 0 Å². The van der Waals surface area contributed by atoms with E-state index in [9.17, 15) is 13.3 Å². The van der Waals surface area contributed by atoms with Gasteiger partial charge >= 0.3 is 13.3 Å². The summed E-state index contributed by atoms with van der Waals surface area (Å²) in [5.74, 6) is 0.563. The fourth-order valence-corrected chi connectivity index (χ4v) is 3.52. The molecule has 2 aromatic rings. The molecule has 120 valence electrons. The lowest BCUT2D eigenvalue weighted by Crippen LogP contribution is -2.18. The SMILES string of the molecule is CCOP(=O)(OCC)C(F)(F)c1ccc(-c2ccco2)cc1. The van der Waals surface area contributed by atoms with E-state index in [1.54, 1.807) is 12.1 Å². The first kappa shape index (κ1) is 16.9. The number of hydrogen-bond acceptors (Lipinski definition) is 4. The first-order valence-electron chi connectivity index (χ1n) is 6.86. The summed E-state index contributed by atoms with van der Waals surface area (Å²) in [5.41, 5.74) is -3.50. The van der Waals surface area contributed by atoms with E-state index in [2.05, 4.69) is 0 Å². The molecule has 0 saturated carbocycles. The van der Waals surface area contributed by atoms with Crippen LogP contribution in [0.3, 0.4) is 0 Å². The van der Waals surface area contributed by atoms with E-state index in [0.29, 0.717) is 11.3 Å². The van der Waals surface area contributed by atoms with Gasteiger partial charge in [-0.05, 0) is 26.0 Å². The van der Waals surface area contributed by atoms with Gasteiger partial charge in [0, 0.05) is 11.1 Å². The summed E-state index contributed by atoms with van der Waals surface area (Å²) in [4.78, 5) is 0. The molecule has 0 unspecified atom stereocenters. The predicted octanol–water partition coefficient (Wildman–Crippen LogP) is 5.26. The lowest BCUT2D eigenvalue weighted by molar-refractivity contribution is 0.0360. The molecule has 0 bridgehead atoms. The monoisotopic (exact) mass is 330 g/mol. The Hall–Kier alpha value is -1.49. The maximum Gasteiger partial charge on any atom is 0.404 e. The van der Waals surface area contributed by atoms with Crippen molar-refractivity contribution in [2.24, 2.45) is 0 Å². The summed E-state index contributed by atoms with van der Waals surface area (Å²) in [6.45, 7) is 2.72. The highest BCUT2D eigenvalue weighted by atomic mass is 31.2. The van der Waals surface area contributed by atoms with Crippen molar-refractivity contribution in [3.05, 3.63) is 48.2 Å². The van der Waals surface area contributed by atoms with E-state index in [-0.39, 0.29) is 13.2 Å². The Bertz CT molecular complexity index is 628. The Labute approximate surface area is 127 Å². The molecule has 0 aliphatic rings. The molecule has 0 spiro atoms. The van der Waals surface area contributed by atoms with Gasteiger partial charge in [-0.25, -0.2) is 0 Å². The zero-order valence-electron chi connectivity index (χ0n) is 12.3. The van der Waals surface area contributed by atoms with E-state index in [1.807, 2.05) is 0 Å². The summed E-state index contributed by atoms with van der Waals surface area (Å²) in [5, 5.41) is 0. The zero-order chi connectivity index (χ0) is 16.2. The minimum Gasteiger partial charge on any atom is -0.464 e. The Morgan fingerprint density at radius 1 is 1.09 bits per heavy atom. The quantitative estimate of drug-likeness (QED) is 0.650. The second-order valence-electron chi connectivity index (χ2n) is 4.43. The Morgan fingerprint density at radius 3 is 2.14 bits per heavy atom. The molecule has 2 rings (SSSR count). The van der Waals surface area contributed by atoms with E-state index in [4.69, 9.17) is 13.5 Å². The highest BCUT2D eigenvalue weighted by molar-refractivity contribution is 7.54. The summed E-state index contributed by atoms with van der Waals surface area (Å²) in [6, 6.07) is 8.77. The normalized spacial score (nSPS) is 12.5. The van der Waals surface area contributed by atoms with Gasteiger partial charge in [-0.15, -0.1) is 0 Å². The maximum absolute atomic E-state index is 14.5. The molecule has 0 amide bonds. The minimum absolute atomic E-state index is 0.128. The number of furan rings is 1. The Balaban J connectivity index is 2.34. The molecule has 0 aliphatic carbocycles. The van der Waals surface area contributed by atoms with Crippen LogP contribution in [-0.4, -0.2) is 13.2 Å². The average Bonchev–Trinajstić information content (AvgIpc) is 3.02. The molecule has 1 heterocycles. The molecule has 0 radical (unpaired) electrons. The van der Waals surface area contributed by atoms with Crippen molar-refractivity contribution in [2.75, 3.05) is 13.2 Å². The first-order valence-corrected chi connectivity index (χ1v) is 8.40. The highest BCUT2D eigenvalue weighted by Gasteiger charge is 2.54. The molecule has 0 atom stereocenters. The van der Waals surface area contributed by atoms with Crippen LogP contribution >= 0.6 is 7.60 Å². The Morgan fingerprint density at radius 2 is 1.68 bits per heavy atom. The summed E-state index contributed by atoms with van der Waals surface area (Å²) in [6.07, 6.45) is 1.50. The van der Waals surface area contributed by atoms with Crippen LogP contribution in [0.15, 0.2) is 47.1 Å². The molecule has 0 N–H and O–H groups in total. The van der Waals surface area contributed by atoms with Gasteiger partial charge in [-0.1, -0.05) is 24.3 Å². The van der Waals surface area contributed by atoms with Gasteiger partial charge in [0.25, 0.3) is 0 Å². The van der Waals surface area contributed by atoms with Gasteiger partial charge in [0.1, 0.15) is 5.76 Å². The van der Waals surface area contributed by atoms with Crippen molar-refractivity contribution >= 4 is 7.60 Å². The molecule has 0 aliphatic heterocycles. The first-order chi connectivity index (χ1) is 10.4. The van der Waals surface area contributed by atoms with Crippen molar-refractivity contribution in [3.8, 4) is 11.3 Å². The average molecular weight is 330 g/mol. The van der Waals surface area contributed by atoms with Crippen molar-refractivity contribution < 1.29 is 26.8 Å². The van der Waals surface area contributed by atoms with Crippen molar-refractivity contribution in [1.82, 2.24) is 0 Å². The lowest BCUT2D eigenvalue weighted by atomic mass is 10.1. The van der Waals surface area contributed by atoms with Crippen molar-refractivity contribution in [2.45, 2.75) is 19.5 Å². The van der Waals surface area contributed by atoms with Gasteiger partial charge in [0.2, 0.25) is 0 Å². The topological polar surface area (TPSA) is 48.7 Å². The number of alkyl halides is 2. The molecule has 7 heteroatoms. The minimum atomic E-state index is -4.58. The molecule has 0 saturated heterocycles. The van der Waals surface area contributed by atoms with E-state index < -0.39 is 18.8 Å². The largest absolute Gasteiger partial charge is 0.464 e. The standard InChI is InChI=1S/C15H17F2O4P/c1-3-20-22(18,21-4-2)15(16,17)13-9-7-12(8-10-13)14-6-5-11-19-14/h5-11H,3-4H2,1-2H3. The molecule has 22 heavy (non-hydrogen) atoms. The second kappa shape index (κ2) is 6.73. The van der Waals surface area contributed by atoms with Crippen LogP contribution in [0.5, 0.6) is 0 Å². The van der Waals surface area contributed by atoms with Crippen LogP contribution in [-0.2, 0) is 19.3 Å². The third-order valence-corrected chi connectivity index (χ3v) is 5.12. The van der Waals surface area contributed by atoms with Crippen molar-refractivity contribution in [3.63, 3.8) is 0 Å². The number of benzene rings is 1. The molecule has 4 nitrogen and oxygen atoms in total. The van der Waals surface area contributed by atoms with Crippen LogP contribution in [0.4, 0.5) is 8.78 Å². The van der Waals surface area contributed by atoms with Gasteiger partial charge < -0.3 is 13.5 Å². The highest BCUT2D eigenvalue weighted by Crippen LogP contribution is 2.66.